The fraction of sp³-hybridized carbons (Fsp3) is 0.467. The molecule has 112 valence electrons. The Balaban J connectivity index is 1.54. The molecule has 0 saturated carbocycles. The van der Waals surface area contributed by atoms with Crippen molar-refractivity contribution in [2.45, 2.75) is 12.5 Å². The third-order valence-corrected chi connectivity index (χ3v) is 3.84. The SMILES string of the molecule is O=C(NCC(=O)N1CCc2ccccc21)C1COCCN1. The molecule has 1 aromatic rings. The summed E-state index contributed by atoms with van der Waals surface area (Å²) in [6.07, 6.45) is 0.869. The van der Waals surface area contributed by atoms with Gasteiger partial charge in [-0.25, -0.2) is 0 Å². The van der Waals surface area contributed by atoms with E-state index in [0.29, 0.717) is 26.3 Å². The van der Waals surface area contributed by atoms with Crippen molar-refractivity contribution in [3.05, 3.63) is 29.8 Å². The second-order valence-electron chi connectivity index (χ2n) is 5.22. The number of benzene rings is 1. The minimum absolute atomic E-state index is 0.0192. The van der Waals surface area contributed by atoms with Crippen LogP contribution in [0.25, 0.3) is 0 Å². The van der Waals surface area contributed by atoms with E-state index >= 15 is 0 Å². The first-order chi connectivity index (χ1) is 10.3. The van der Waals surface area contributed by atoms with Gasteiger partial charge in [0, 0.05) is 18.8 Å². The van der Waals surface area contributed by atoms with Gasteiger partial charge in [-0.2, -0.15) is 0 Å². The number of carbonyl (C=O) groups is 2. The highest BCUT2D eigenvalue weighted by Crippen LogP contribution is 2.27. The predicted molar refractivity (Wildman–Crippen MR) is 78.1 cm³/mol. The van der Waals surface area contributed by atoms with Gasteiger partial charge in [0.15, 0.2) is 0 Å². The van der Waals surface area contributed by atoms with Crippen molar-refractivity contribution in [3.8, 4) is 0 Å². The molecule has 2 N–H and O–H groups in total. The maximum atomic E-state index is 12.3. The monoisotopic (exact) mass is 289 g/mol. The van der Waals surface area contributed by atoms with Crippen LogP contribution in [0.1, 0.15) is 5.56 Å². The molecule has 0 spiro atoms. The van der Waals surface area contributed by atoms with E-state index in [4.69, 9.17) is 4.74 Å². The molecule has 6 heteroatoms. The summed E-state index contributed by atoms with van der Waals surface area (Å²) >= 11 is 0. The Morgan fingerprint density at radius 1 is 1.38 bits per heavy atom. The summed E-state index contributed by atoms with van der Waals surface area (Å²) in [5, 5.41) is 5.75. The summed E-state index contributed by atoms with van der Waals surface area (Å²) in [4.78, 5) is 25.9. The van der Waals surface area contributed by atoms with Crippen LogP contribution in [0.15, 0.2) is 24.3 Å². The summed E-state index contributed by atoms with van der Waals surface area (Å²) in [6, 6.07) is 7.51. The lowest BCUT2D eigenvalue weighted by atomic mass is 10.2. The molecule has 3 rings (SSSR count). The number of anilines is 1. The molecular formula is C15H19N3O3. The number of fused-ring (bicyclic) bond motifs is 1. The number of hydrogen-bond donors (Lipinski definition) is 2. The lowest BCUT2D eigenvalue weighted by Crippen LogP contribution is -2.52. The average molecular weight is 289 g/mol. The first-order valence-electron chi connectivity index (χ1n) is 7.23. The van der Waals surface area contributed by atoms with Gasteiger partial charge in [-0.15, -0.1) is 0 Å². The van der Waals surface area contributed by atoms with E-state index in [1.54, 1.807) is 4.90 Å². The van der Waals surface area contributed by atoms with Crippen LogP contribution < -0.4 is 15.5 Å². The van der Waals surface area contributed by atoms with Gasteiger partial charge in [0.2, 0.25) is 11.8 Å². The zero-order chi connectivity index (χ0) is 14.7. The molecular weight excluding hydrogens is 270 g/mol. The minimum atomic E-state index is -0.364. The van der Waals surface area contributed by atoms with Crippen LogP contribution in [-0.2, 0) is 20.7 Å². The number of para-hydroxylation sites is 1. The van der Waals surface area contributed by atoms with Crippen molar-refractivity contribution in [1.29, 1.82) is 0 Å². The molecule has 1 saturated heterocycles. The van der Waals surface area contributed by atoms with Gasteiger partial charge >= 0.3 is 0 Å². The molecule has 1 aromatic carbocycles. The number of rotatable bonds is 3. The summed E-state index contributed by atoms with van der Waals surface area (Å²) in [5.74, 6) is -0.263. The Hall–Kier alpha value is -1.92. The molecule has 6 nitrogen and oxygen atoms in total. The molecule has 0 aromatic heterocycles. The van der Waals surface area contributed by atoms with Gasteiger partial charge in [0.1, 0.15) is 6.04 Å². The molecule has 2 aliphatic heterocycles. The number of hydrogen-bond acceptors (Lipinski definition) is 4. The smallest absolute Gasteiger partial charge is 0.246 e. The lowest BCUT2D eigenvalue weighted by molar-refractivity contribution is -0.128. The van der Waals surface area contributed by atoms with Crippen molar-refractivity contribution in [3.63, 3.8) is 0 Å². The van der Waals surface area contributed by atoms with Crippen LogP contribution in [0.4, 0.5) is 5.69 Å². The van der Waals surface area contributed by atoms with E-state index < -0.39 is 0 Å². The number of nitrogens with zero attached hydrogens (tertiary/aromatic N) is 1. The maximum absolute atomic E-state index is 12.3. The van der Waals surface area contributed by atoms with Crippen LogP contribution in [-0.4, -0.2) is 50.7 Å². The van der Waals surface area contributed by atoms with E-state index in [0.717, 1.165) is 12.1 Å². The third-order valence-electron chi connectivity index (χ3n) is 3.84. The van der Waals surface area contributed by atoms with Crippen LogP contribution in [0, 0.1) is 0 Å². The summed E-state index contributed by atoms with van der Waals surface area (Å²) in [5.41, 5.74) is 2.13. The second kappa shape index (κ2) is 6.24. The molecule has 2 aliphatic rings. The fourth-order valence-electron chi connectivity index (χ4n) is 2.71. The van der Waals surface area contributed by atoms with Gasteiger partial charge < -0.3 is 20.3 Å². The molecule has 2 amide bonds. The van der Waals surface area contributed by atoms with Crippen molar-refractivity contribution in [1.82, 2.24) is 10.6 Å². The Bertz CT molecular complexity index is 541. The molecule has 1 fully saturated rings. The summed E-state index contributed by atoms with van der Waals surface area (Å²) < 4.78 is 5.24. The number of nitrogens with one attached hydrogen (secondary N) is 2. The number of carbonyl (C=O) groups excluding carboxylic acids is 2. The van der Waals surface area contributed by atoms with E-state index in [-0.39, 0.29) is 24.4 Å². The van der Waals surface area contributed by atoms with Crippen molar-refractivity contribution < 1.29 is 14.3 Å². The van der Waals surface area contributed by atoms with Crippen LogP contribution in [0.3, 0.4) is 0 Å². The third kappa shape index (κ3) is 3.06. The highest BCUT2D eigenvalue weighted by molar-refractivity contribution is 5.98. The number of ether oxygens (including phenoxy) is 1. The van der Waals surface area contributed by atoms with Gasteiger partial charge in [0.25, 0.3) is 0 Å². The van der Waals surface area contributed by atoms with E-state index in [9.17, 15) is 9.59 Å². The summed E-state index contributed by atoms with van der Waals surface area (Å²) in [6.45, 7) is 2.33. The molecule has 0 bridgehead atoms. The Morgan fingerprint density at radius 3 is 3.05 bits per heavy atom. The number of amides is 2. The zero-order valence-electron chi connectivity index (χ0n) is 11.8. The Kier molecular flexibility index (Phi) is 4.17. The first kappa shape index (κ1) is 14.0. The van der Waals surface area contributed by atoms with Crippen molar-refractivity contribution >= 4 is 17.5 Å². The van der Waals surface area contributed by atoms with Crippen LogP contribution in [0.5, 0.6) is 0 Å². The number of morpholine rings is 1. The lowest BCUT2D eigenvalue weighted by Gasteiger charge is -2.23. The highest BCUT2D eigenvalue weighted by Gasteiger charge is 2.26. The van der Waals surface area contributed by atoms with Gasteiger partial charge in [0.05, 0.1) is 19.8 Å². The molecule has 1 atom stereocenters. The Morgan fingerprint density at radius 2 is 2.24 bits per heavy atom. The molecule has 1 unspecified atom stereocenters. The standard InChI is InChI=1S/C15H19N3O3/c19-14(9-17-15(20)12-10-21-8-6-16-12)18-7-5-11-3-1-2-4-13(11)18/h1-4,12,16H,5-10H2,(H,17,20). The summed E-state index contributed by atoms with van der Waals surface area (Å²) in [7, 11) is 0. The zero-order valence-corrected chi connectivity index (χ0v) is 11.8. The van der Waals surface area contributed by atoms with Gasteiger partial charge in [-0.05, 0) is 18.1 Å². The van der Waals surface area contributed by atoms with Crippen molar-refractivity contribution in [2.75, 3.05) is 37.7 Å². The first-order valence-corrected chi connectivity index (χ1v) is 7.23. The molecule has 2 heterocycles. The minimum Gasteiger partial charge on any atom is -0.378 e. The largest absolute Gasteiger partial charge is 0.378 e. The van der Waals surface area contributed by atoms with Crippen LogP contribution >= 0.6 is 0 Å². The van der Waals surface area contributed by atoms with E-state index in [1.807, 2.05) is 24.3 Å². The fourth-order valence-corrected chi connectivity index (χ4v) is 2.71. The topological polar surface area (TPSA) is 70.7 Å². The van der Waals surface area contributed by atoms with Gasteiger partial charge in [-0.3, -0.25) is 9.59 Å². The quantitative estimate of drug-likeness (QED) is 0.800. The molecule has 0 aliphatic carbocycles. The second-order valence-corrected chi connectivity index (χ2v) is 5.22. The maximum Gasteiger partial charge on any atom is 0.246 e. The normalized spacial score (nSPS) is 21.0. The Labute approximate surface area is 123 Å². The van der Waals surface area contributed by atoms with E-state index in [1.165, 1.54) is 5.56 Å². The molecule has 21 heavy (non-hydrogen) atoms. The van der Waals surface area contributed by atoms with E-state index in [2.05, 4.69) is 10.6 Å². The van der Waals surface area contributed by atoms with Crippen LogP contribution in [0.2, 0.25) is 0 Å². The predicted octanol–water partition coefficient (Wildman–Crippen LogP) is -0.320. The van der Waals surface area contributed by atoms with Gasteiger partial charge in [-0.1, -0.05) is 18.2 Å². The highest BCUT2D eigenvalue weighted by atomic mass is 16.5. The average Bonchev–Trinajstić information content (AvgIpc) is 2.97. The van der Waals surface area contributed by atoms with Crippen molar-refractivity contribution in [2.24, 2.45) is 0 Å². The molecule has 0 radical (unpaired) electrons.